The lowest BCUT2D eigenvalue weighted by molar-refractivity contribution is 0.183. The molecule has 1 unspecified atom stereocenters. The van der Waals surface area contributed by atoms with Crippen molar-refractivity contribution in [2.75, 3.05) is 32.1 Å². The molecule has 0 radical (unpaired) electrons. The first-order valence-electron chi connectivity index (χ1n) is 8.47. The lowest BCUT2D eigenvalue weighted by Crippen LogP contribution is -2.36. The molecule has 1 atom stereocenters. The van der Waals surface area contributed by atoms with E-state index in [2.05, 4.69) is 31.2 Å². The van der Waals surface area contributed by atoms with Gasteiger partial charge in [-0.3, -0.25) is 4.68 Å². The van der Waals surface area contributed by atoms with Crippen molar-refractivity contribution in [2.24, 2.45) is 11.3 Å². The van der Waals surface area contributed by atoms with Crippen molar-refractivity contribution >= 4 is 11.7 Å². The summed E-state index contributed by atoms with van der Waals surface area (Å²) >= 11 is 0. The summed E-state index contributed by atoms with van der Waals surface area (Å²) in [5, 5.41) is 7.17. The Balaban J connectivity index is 1.87. The topological polar surface area (TPSA) is 59.4 Å². The monoisotopic (exact) mass is 322 g/mol. The van der Waals surface area contributed by atoms with Gasteiger partial charge in [0.1, 0.15) is 0 Å². The Kier molecular flexibility index (Phi) is 6.04. The van der Waals surface area contributed by atoms with E-state index >= 15 is 0 Å². The highest BCUT2D eigenvalue weighted by Crippen LogP contribution is 2.34. The third kappa shape index (κ3) is 5.23. The van der Waals surface area contributed by atoms with E-state index in [4.69, 9.17) is 4.74 Å². The fourth-order valence-corrected chi connectivity index (χ4v) is 3.10. The van der Waals surface area contributed by atoms with Crippen LogP contribution in [0.15, 0.2) is 12.4 Å². The van der Waals surface area contributed by atoms with Crippen LogP contribution in [-0.4, -0.2) is 47.5 Å². The van der Waals surface area contributed by atoms with Gasteiger partial charge >= 0.3 is 6.03 Å². The highest BCUT2D eigenvalue weighted by molar-refractivity contribution is 5.89. The molecule has 1 aromatic rings. The number of carbonyl (C=O) groups excluding carboxylic acids is 1. The summed E-state index contributed by atoms with van der Waals surface area (Å²) in [4.78, 5) is 14.4. The maximum Gasteiger partial charge on any atom is 0.321 e. The molecule has 130 valence electrons. The number of carbonyl (C=O) groups is 1. The summed E-state index contributed by atoms with van der Waals surface area (Å²) in [6.07, 6.45) is 6.87. The first-order chi connectivity index (χ1) is 10.9. The van der Waals surface area contributed by atoms with Crippen molar-refractivity contribution in [3.05, 3.63) is 12.4 Å². The summed E-state index contributed by atoms with van der Waals surface area (Å²) in [6.45, 7) is 9.83. The van der Waals surface area contributed by atoms with Crippen LogP contribution in [0.3, 0.4) is 0 Å². The molecule has 2 heterocycles. The van der Waals surface area contributed by atoms with Gasteiger partial charge in [0.15, 0.2) is 0 Å². The standard InChI is InChI=1S/C17H30N4O2/c1-17(2,3)14-6-5-8-20(9-7-14)16(22)19-15-12-18-21(13-15)10-11-23-4/h12-14H,5-11H2,1-4H3,(H,19,22). The number of hydrogen-bond donors (Lipinski definition) is 1. The van der Waals surface area contributed by atoms with Gasteiger partial charge < -0.3 is 15.0 Å². The number of likely N-dealkylation sites (tertiary alicyclic amines) is 1. The molecular formula is C17H30N4O2. The van der Waals surface area contributed by atoms with E-state index in [-0.39, 0.29) is 6.03 Å². The molecular weight excluding hydrogens is 292 g/mol. The minimum Gasteiger partial charge on any atom is -0.383 e. The van der Waals surface area contributed by atoms with E-state index in [9.17, 15) is 4.79 Å². The van der Waals surface area contributed by atoms with E-state index in [0.717, 1.165) is 31.6 Å². The molecule has 0 bridgehead atoms. The van der Waals surface area contributed by atoms with Crippen molar-refractivity contribution in [3.8, 4) is 0 Å². The molecule has 0 spiro atoms. The summed E-state index contributed by atoms with van der Waals surface area (Å²) in [5.41, 5.74) is 1.05. The van der Waals surface area contributed by atoms with Crippen LogP contribution >= 0.6 is 0 Å². The van der Waals surface area contributed by atoms with Gasteiger partial charge in [0.2, 0.25) is 0 Å². The number of nitrogens with one attached hydrogen (secondary N) is 1. The van der Waals surface area contributed by atoms with Crippen LogP contribution in [0.1, 0.15) is 40.0 Å². The summed E-state index contributed by atoms with van der Waals surface area (Å²) in [6, 6.07) is -0.0224. The number of urea groups is 1. The quantitative estimate of drug-likeness (QED) is 0.926. The normalized spacial score (nSPS) is 19.5. The molecule has 1 fully saturated rings. The van der Waals surface area contributed by atoms with Gasteiger partial charge in [0, 0.05) is 26.4 Å². The number of ether oxygens (including phenoxy) is 1. The Morgan fingerprint density at radius 1 is 1.39 bits per heavy atom. The molecule has 1 aliphatic heterocycles. The summed E-state index contributed by atoms with van der Waals surface area (Å²) < 4.78 is 6.80. The fourth-order valence-electron chi connectivity index (χ4n) is 3.10. The second kappa shape index (κ2) is 7.81. The van der Waals surface area contributed by atoms with E-state index < -0.39 is 0 Å². The van der Waals surface area contributed by atoms with Gasteiger partial charge in [-0.1, -0.05) is 20.8 Å². The molecule has 0 saturated carbocycles. The van der Waals surface area contributed by atoms with Crippen molar-refractivity contribution in [3.63, 3.8) is 0 Å². The predicted molar refractivity (Wildman–Crippen MR) is 91.5 cm³/mol. The Bertz CT molecular complexity index is 507. The van der Waals surface area contributed by atoms with Crippen LogP contribution < -0.4 is 5.32 Å². The third-order valence-corrected chi connectivity index (χ3v) is 4.65. The molecule has 1 aliphatic rings. The van der Waals surface area contributed by atoms with E-state index in [0.29, 0.717) is 24.5 Å². The number of amides is 2. The molecule has 6 heteroatoms. The zero-order valence-corrected chi connectivity index (χ0v) is 14.8. The minimum atomic E-state index is -0.0224. The minimum absolute atomic E-state index is 0.0224. The largest absolute Gasteiger partial charge is 0.383 e. The number of nitrogens with zero attached hydrogens (tertiary/aromatic N) is 3. The highest BCUT2D eigenvalue weighted by atomic mass is 16.5. The number of anilines is 1. The van der Waals surface area contributed by atoms with Gasteiger partial charge in [-0.2, -0.15) is 5.10 Å². The highest BCUT2D eigenvalue weighted by Gasteiger charge is 2.28. The summed E-state index contributed by atoms with van der Waals surface area (Å²) in [7, 11) is 1.66. The zero-order chi connectivity index (χ0) is 16.9. The number of aromatic nitrogens is 2. The average Bonchev–Trinajstić information content (AvgIpc) is 2.76. The third-order valence-electron chi connectivity index (χ3n) is 4.65. The van der Waals surface area contributed by atoms with E-state index in [1.54, 1.807) is 18.0 Å². The van der Waals surface area contributed by atoms with Crippen molar-refractivity contribution < 1.29 is 9.53 Å². The van der Waals surface area contributed by atoms with E-state index in [1.165, 1.54) is 6.42 Å². The van der Waals surface area contributed by atoms with Gasteiger partial charge in [-0.25, -0.2) is 4.79 Å². The Hall–Kier alpha value is -1.56. The van der Waals surface area contributed by atoms with Gasteiger partial charge in [-0.15, -0.1) is 0 Å². The van der Waals surface area contributed by atoms with Gasteiger partial charge in [0.05, 0.1) is 25.0 Å². The van der Waals surface area contributed by atoms with Gasteiger partial charge in [-0.05, 0) is 30.6 Å². The molecule has 0 aliphatic carbocycles. The average molecular weight is 322 g/mol. The SMILES string of the molecule is COCCn1cc(NC(=O)N2CCCC(C(C)(C)C)CC2)cn1. The first kappa shape index (κ1) is 17.8. The lowest BCUT2D eigenvalue weighted by Gasteiger charge is -2.29. The van der Waals surface area contributed by atoms with Crippen LogP contribution in [0.5, 0.6) is 0 Å². The number of hydrogen-bond acceptors (Lipinski definition) is 3. The number of rotatable bonds is 4. The molecule has 2 rings (SSSR count). The smallest absolute Gasteiger partial charge is 0.321 e. The van der Waals surface area contributed by atoms with Crippen molar-refractivity contribution in [1.82, 2.24) is 14.7 Å². The van der Waals surface area contributed by atoms with Crippen LogP contribution in [-0.2, 0) is 11.3 Å². The van der Waals surface area contributed by atoms with Gasteiger partial charge in [0.25, 0.3) is 0 Å². The second-order valence-corrected chi connectivity index (χ2v) is 7.40. The molecule has 0 aromatic carbocycles. The predicted octanol–water partition coefficient (Wildman–Crippen LogP) is 3.21. The Morgan fingerprint density at radius 3 is 2.87 bits per heavy atom. The van der Waals surface area contributed by atoms with Crippen LogP contribution in [0.25, 0.3) is 0 Å². The maximum atomic E-state index is 12.5. The van der Waals surface area contributed by atoms with Crippen molar-refractivity contribution in [2.45, 2.75) is 46.6 Å². The van der Waals surface area contributed by atoms with Crippen LogP contribution in [0.4, 0.5) is 10.5 Å². The molecule has 1 saturated heterocycles. The van der Waals surface area contributed by atoms with E-state index in [1.807, 2.05) is 11.1 Å². The molecule has 2 amide bonds. The van der Waals surface area contributed by atoms with Crippen molar-refractivity contribution in [1.29, 1.82) is 0 Å². The zero-order valence-electron chi connectivity index (χ0n) is 14.8. The molecule has 6 nitrogen and oxygen atoms in total. The fraction of sp³-hybridized carbons (Fsp3) is 0.765. The van der Waals surface area contributed by atoms with Crippen LogP contribution in [0.2, 0.25) is 0 Å². The second-order valence-electron chi connectivity index (χ2n) is 7.40. The molecule has 23 heavy (non-hydrogen) atoms. The Labute approximate surface area is 139 Å². The molecule has 1 N–H and O–H groups in total. The van der Waals surface area contributed by atoms with Crippen LogP contribution in [0, 0.1) is 11.3 Å². The Morgan fingerprint density at radius 2 is 2.17 bits per heavy atom. The maximum absolute atomic E-state index is 12.5. The molecule has 1 aromatic heterocycles. The number of methoxy groups -OCH3 is 1. The first-order valence-corrected chi connectivity index (χ1v) is 8.47. The summed E-state index contributed by atoms with van der Waals surface area (Å²) in [5.74, 6) is 0.678. The lowest BCUT2D eigenvalue weighted by atomic mass is 9.77.